The molecule has 2 rings (SSSR count). The van der Waals surface area contributed by atoms with E-state index in [9.17, 15) is 4.79 Å². The second-order valence-electron chi connectivity index (χ2n) is 4.38. The number of halogens is 2. The second kappa shape index (κ2) is 6.57. The highest BCUT2D eigenvalue weighted by Gasteiger charge is 2.31. The van der Waals surface area contributed by atoms with Gasteiger partial charge in [-0.05, 0) is 18.2 Å². The van der Waals surface area contributed by atoms with Crippen LogP contribution >= 0.6 is 23.2 Å². The molecular formula is C13H16Cl2N2O2. The van der Waals surface area contributed by atoms with Crippen molar-refractivity contribution in [3.05, 3.63) is 33.8 Å². The average molecular weight is 303 g/mol. The van der Waals surface area contributed by atoms with E-state index in [4.69, 9.17) is 27.9 Å². The van der Waals surface area contributed by atoms with Gasteiger partial charge in [0, 0.05) is 41.8 Å². The molecule has 1 atom stereocenters. The van der Waals surface area contributed by atoms with Gasteiger partial charge in [-0.1, -0.05) is 23.2 Å². The van der Waals surface area contributed by atoms with Crippen LogP contribution in [0.3, 0.4) is 0 Å². The number of hydrogen-bond donors (Lipinski definition) is 1. The molecule has 0 aliphatic carbocycles. The molecular weight excluding hydrogens is 287 g/mol. The highest BCUT2D eigenvalue weighted by molar-refractivity contribution is 6.33. The van der Waals surface area contributed by atoms with Crippen LogP contribution in [-0.2, 0) is 9.53 Å². The first-order valence-corrected chi connectivity index (χ1v) is 6.86. The number of esters is 1. The summed E-state index contributed by atoms with van der Waals surface area (Å²) in [6.45, 7) is 3.21. The van der Waals surface area contributed by atoms with Gasteiger partial charge in [-0.2, -0.15) is 0 Å². The van der Waals surface area contributed by atoms with Crippen molar-refractivity contribution in [1.29, 1.82) is 0 Å². The Balaban J connectivity index is 2.36. The monoisotopic (exact) mass is 302 g/mol. The molecule has 0 saturated carbocycles. The van der Waals surface area contributed by atoms with Gasteiger partial charge >= 0.3 is 5.97 Å². The molecule has 1 aliphatic rings. The van der Waals surface area contributed by atoms with Crippen molar-refractivity contribution in [2.45, 2.75) is 6.04 Å². The van der Waals surface area contributed by atoms with E-state index < -0.39 is 6.04 Å². The predicted octanol–water partition coefficient (Wildman–Crippen LogP) is 2.11. The first-order chi connectivity index (χ1) is 9.13. The van der Waals surface area contributed by atoms with Crippen molar-refractivity contribution < 1.29 is 9.53 Å². The molecule has 0 spiro atoms. The van der Waals surface area contributed by atoms with Crippen molar-refractivity contribution in [1.82, 2.24) is 10.2 Å². The van der Waals surface area contributed by atoms with Crippen LogP contribution in [0.4, 0.5) is 0 Å². The van der Waals surface area contributed by atoms with E-state index in [0.717, 1.165) is 26.2 Å². The number of nitrogens with one attached hydrogen (secondary N) is 1. The summed E-state index contributed by atoms with van der Waals surface area (Å²) in [5.74, 6) is -0.314. The Hall–Kier alpha value is -0.810. The molecule has 1 heterocycles. The lowest BCUT2D eigenvalue weighted by Crippen LogP contribution is -2.47. The van der Waals surface area contributed by atoms with Gasteiger partial charge < -0.3 is 10.1 Å². The number of ether oxygens (including phenoxy) is 1. The summed E-state index contributed by atoms with van der Waals surface area (Å²) in [4.78, 5) is 14.1. The number of hydrogen-bond acceptors (Lipinski definition) is 4. The predicted molar refractivity (Wildman–Crippen MR) is 75.7 cm³/mol. The summed E-state index contributed by atoms with van der Waals surface area (Å²) >= 11 is 12.2. The summed E-state index contributed by atoms with van der Waals surface area (Å²) < 4.78 is 4.91. The minimum atomic E-state index is -0.502. The lowest BCUT2D eigenvalue weighted by Gasteiger charge is -2.33. The summed E-state index contributed by atoms with van der Waals surface area (Å²) in [6.07, 6.45) is 0. The minimum Gasteiger partial charge on any atom is -0.468 e. The highest BCUT2D eigenvalue weighted by atomic mass is 35.5. The summed E-state index contributed by atoms with van der Waals surface area (Å²) in [6, 6.07) is 4.64. The molecule has 1 unspecified atom stereocenters. The van der Waals surface area contributed by atoms with Crippen LogP contribution in [0.2, 0.25) is 10.0 Å². The van der Waals surface area contributed by atoms with Gasteiger partial charge in [0.05, 0.1) is 7.11 Å². The zero-order valence-electron chi connectivity index (χ0n) is 10.7. The number of nitrogens with zero attached hydrogens (tertiary/aromatic N) is 1. The largest absolute Gasteiger partial charge is 0.468 e. The fourth-order valence-electron chi connectivity index (χ4n) is 2.25. The van der Waals surface area contributed by atoms with Crippen LogP contribution in [0.15, 0.2) is 18.2 Å². The third-order valence-electron chi connectivity index (χ3n) is 3.19. The quantitative estimate of drug-likeness (QED) is 0.869. The van der Waals surface area contributed by atoms with E-state index in [-0.39, 0.29) is 5.97 Å². The van der Waals surface area contributed by atoms with Crippen molar-refractivity contribution in [2.24, 2.45) is 0 Å². The maximum absolute atomic E-state index is 12.1. The third kappa shape index (κ3) is 3.39. The van der Waals surface area contributed by atoms with Crippen LogP contribution in [0.5, 0.6) is 0 Å². The molecule has 1 fully saturated rings. The van der Waals surface area contributed by atoms with E-state index in [1.54, 1.807) is 18.2 Å². The maximum Gasteiger partial charge on any atom is 0.327 e. The van der Waals surface area contributed by atoms with Gasteiger partial charge in [0.15, 0.2) is 0 Å². The van der Waals surface area contributed by atoms with Gasteiger partial charge in [0.2, 0.25) is 0 Å². The lowest BCUT2D eigenvalue weighted by atomic mass is 10.0. The number of carbonyl (C=O) groups is 1. The lowest BCUT2D eigenvalue weighted by molar-refractivity contribution is -0.147. The zero-order chi connectivity index (χ0) is 13.8. The molecule has 1 saturated heterocycles. The van der Waals surface area contributed by atoms with E-state index in [1.807, 2.05) is 0 Å². The first-order valence-electron chi connectivity index (χ1n) is 6.11. The molecule has 0 radical (unpaired) electrons. The van der Waals surface area contributed by atoms with Crippen molar-refractivity contribution in [3.8, 4) is 0 Å². The Labute approximate surface area is 122 Å². The Bertz CT molecular complexity index is 462. The number of rotatable bonds is 3. The van der Waals surface area contributed by atoms with Crippen LogP contribution in [0, 0.1) is 0 Å². The third-order valence-corrected chi connectivity index (χ3v) is 3.77. The number of methoxy groups -OCH3 is 1. The molecule has 1 aromatic rings. The average Bonchev–Trinajstić information content (AvgIpc) is 2.44. The highest BCUT2D eigenvalue weighted by Crippen LogP contribution is 2.31. The van der Waals surface area contributed by atoms with Crippen molar-refractivity contribution in [3.63, 3.8) is 0 Å². The van der Waals surface area contributed by atoms with Gasteiger partial charge in [-0.25, -0.2) is 4.79 Å². The van der Waals surface area contributed by atoms with Gasteiger partial charge in [0.25, 0.3) is 0 Å². The standard InChI is InChI=1S/C13H16Cl2N2O2/c1-19-13(18)12(17-6-4-16-5-7-17)10-8-9(14)2-3-11(10)15/h2-3,8,12,16H,4-7H2,1H3. The van der Waals surface area contributed by atoms with E-state index in [1.165, 1.54) is 7.11 Å². The van der Waals surface area contributed by atoms with Crippen molar-refractivity contribution in [2.75, 3.05) is 33.3 Å². The number of benzene rings is 1. The Morgan fingerprint density at radius 2 is 2.05 bits per heavy atom. The van der Waals surface area contributed by atoms with Crippen LogP contribution in [-0.4, -0.2) is 44.2 Å². The number of carbonyl (C=O) groups excluding carboxylic acids is 1. The maximum atomic E-state index is 12.1. The van der Waals surface area contributed by atoms with Gasteiger partial charge in [0.1, 0.15) is 6.04 Å². The molecule has 1 aliphatic heterocycles. The second-order valence-corrected chi connectivity index (χ2v) is 5.22. The summed E-state index contributed by atoms with van der Waals surface area (Å²) in [5, 5.41) is 4.34. The van der Waals surface area contributed by atoms with Gasteiger partial charge in [-0.3, -0.25) is 4.90 Å². The van der Waals surface area contributed by atoms with Crippen LogP contribution in [0.1, 0.15) is 11.6 Å². The Morgan fingerprint density at radius 3 is 2.68 bits per heavy atom. The first kappa shape index (κ1) is 14.6. The topological polar surface area (TPSA) is 41.6 Å². The molecule has 19 heavy (non-hydrogen) atoms. The molecule has 1 N–H and O–H groups in total. The minimum absolute atomic E-state index is 0.314. The molecule has 0 bridgehead atoms. The molecule has 1 aromatic carbocycles. The normalized spacial score (nSPS) is 18.1. The van der Waals surface area contributed by atoms with Crippen LogP contribution in [0.25, 0.3) is 0 Å². The fraction of sp³-hybridized carbons (Fsp3) is 0.462. The smallest absolute Gasteiger partial charge is 0.327 e. The van der Waals surface area contributed by atoms with Crippen molar-refractivity contribution >= 4 is 29.2 Å². The number of piperazine rings is 1. The molecule has 0 aromatic heterocycles. The summed E-state index contributed by atoms with van der Waals surface area (Å²) in [7, 11) is 1.38. The molecule has 0 amide bonds. The van der Waals surface area contributed by atoms with Gasteiger partial charge in [-0.15, -0.1) is 0 Å². The Morgan fingerprint density at radius 1 is 1.37 bits per heavy atom. The van der Waals surface area contributed by atoms with E-state index in [0.29, 0.717) is 15.6 Å². The molecule has 4 nitrogen and oxygen atoms in total. The zero-order valence-corrected chi connectivity index (χ0v) is 12.2. The SMILES string of the molecule is COC(=O)C(c1cc(Cl)ccc1Cl)N1CCNCC1. The Kier molecular flexibility index (Phi) is 5.05. The van der Waals surface area contributed by atoms with E-state index in [2.05, 4.69) is 10.2 Å². The van der Waals surface area contributed by atoms with E-state index >= 15 is 0 Å². The fourth-order valence-corrected chi connectivity index (χ4v) is 2.65. The molecule has 6 heteroatoms. The molecule has 104 valence electrons. The summed E-state index contributed by atoms with van der Waals surface area (Å²) in [5.41, 5.74) is 0.697. The van der Waals surface area contributed by atoms with Crippen LogP contribution < -0.4 is 5.32 Å².